The molecule has 0 atom stereocenters. The molecule has 17 heavy (non-hydrogen) atoms. The highest BCUT2D eigenvalue weighted by Crippen LogP contribution is 2.27. The van der Waals surface area contributed by atoms with Crippen molar-refractivity contribution in [1.82, 2.24) is 9.97 Å². The molecular weight excluding hydrogens is 307 g/mol. The Labute approximate surface area is 111 Å². The van der Waals surface area contributed by atoms with Crippen LogP contribution in [-0.2, 0) is 0 Å². The Balaban J connectivity index is 2.35. The van der Waals surface area contributed by atoms with E-state index >= 15 is 0 Å². The van der Waals surface area contributed by atoms with Gasteiger partial charge in [0, 0.05) is 4.47 Å². The number of nitrogens with one attached hydrogen (secondary N) is 1. The van der Waals surface area contributed by atoms with Gasteiger partial charge in [0.15, 0.2) is 5.02 Å². The van der Waals surface area contributed by atoms with Crippen LogP contribution in [-0.4, -0.2) is 9.97 Å². The van der Waals surface area contributed by atoms with Gasteiger partial charge in [-0.25, -0.2) is 4.98 Å². The molecule has 0 aliphatic rings. The van der Waals surface area contributed by atoms with Crippen molar-refractivity contribution in [3.8, 4) is 11.6 Å². The van der Waals surface area contributed by atoms with E-state index in [4.69, 9.17) is 16.3 Å². The van der Waals surface area contributed by atoms with Crippen LogP contribution in [0.4, 0.5) is 0 Å². The molecule has 1 N–H and O–H groups in total. The first-order chi connectivity index (χ1) is 8.08. The van der Waals surface area contributed by atoms with Gasteiger partial charge in [-0.2, -0.15) is 0 Å². The minimum absolute atomic E-state index is 0.0620. The molecule has 6 heteroatoms. The average molecular weight is 316 g/mol. The smallest absolute Gasteiger partial charge is 0.273 e. The van der Waals surface area contributed by atoms with E-state index < -0.39 is 5.56 Å². The average Bonchev–Trinajstić information content (AvgIpc) is 2.30. The molecule has 1 aromatic heterocycles. The zero-order valence-electron chi connectivity index (χ0n) is 8.83. The summed E-state index contributed by atoms with van der Waals surface area (Å²) in [4.78, 5) is 17.5. The molecule has 1 heterocycles. The van der Waals surface area contributed by atoms with Crippen molar-refractivity contribution < 1.29 is 4.74 Å². The van der Waals surface area contributed by atoms with E-state index in [9.17, 15) is 4.79 Å². The van der Waals surface area contributed by atoms with Crippen LogP contribution in [0.15, 0.2) is 33.8 Å². The third kappa shape index (κ3) is 2.68. The van der Waals surface area contributed by atoms with Crippen molar-refractivity contribution in [1.29, 1.82) is 0 Å². The van der Waals surface area contributed by atoms with Gasteiger partial charge in [0.1, 0.15) is 5.75 Å². The van der Waals surface area contributed by atoms with E-state index in [1.54, 1.807) is 6.07 Å². The molecule has 2 rings (SSSR count). The summed E-state index contributed by atoms with van der Waals surface area (Å²) in [6.07, 6.45) is 1.25. The highest BCUT2D eigenvalue weighted by Gasteiger charge is 2.08. The van der Waals surface area contributed by atoms with Gasteiger partial charge in [0.25, 0.3) is 5.56 Å². The number of hydrogen-bond donors (Lipinski definition) is 1. The van der Waals surface area contributed by atoms with Crippen LogP contribution in [0.2, 0.25) is 5.02 Å². The topological polar surface area (TPSA) is 55.0 Å². The fourth-order valence-electron chi connectivity index (χ4n) is 1.23. The maximum absolute atomic E-state index is 11.2. The number of halogens is 2. The SMILES string of the molecule is Cc1cc(Oc2nc[nH]c(=O)c2Cl)ccc1Br. The summed E-state index contributed by atoms with van der Waals surface area (Å²) in [5.74, 6) is 0.669. The second-order valence-corrected chi connectivity index (χ2v) is 4.60. The van der Waals surface area contributed by atoms with Crippen LogP contribution in [0, 0.1) is 6.92 Å². The molecule has 88 valence electrons. The van der Waals surface area contributed by atoms with Gasteiger partial charge >= 0.3 is 0 Å². The number of H-pyrrole nitrogens is 1. The Morgan fingerprint density at radius 2 is 2.24 bits per heavy atom. The molecule has 0 unspecified atom stereocenters. The molecule has 0 aliphatic heterocycles. The highest BCUT2D eigenvalue weighted by molar-refractivity contribution is 9.10. The summed E-state index contributed by atoms with van der Waals surface area (Å²) < 4.78 is 6.42. The minimum Gasteiger partial charge on any atom is -0.437 e. The summed E-state index contributed by atoms with van der Waals surface area (Å²) in [6, 6.07) is 5.44. The Hall–Kier alpha value is -1.33. The highest BCUT2D eigenvalue weighted by atomic mass is 79.9. The predicted molar refractivity (Wildman–Crippen MR) is 68.8 cm³/mol. The zero-order chi connectivity index (χ0) is 12.4. The first-order valence-electron chi connectivity index (χ1n) is 4.75. The largest absolute Gasteiger partial charge is 0.437 e. The van der Waals surface area contributed by atoms with Crippen LogP contribution in [0.5, 0.6) is 11.6 Å². The number of rotatable bonds is 2. The quantitative estimate of drug-likeness (QED) is 0.925. The maximum atomic E-state index is 11.2. The van der Waals surface area contributed by atoms with E-state index in [-0.39, 0.29) is 10.9 Å². The Bertz CT molecular complexity index is 613. The summed E-state index contributed by atoms with van der Waals surface area (Å²) in [6.45, 7) is 1.93. The van der Waals surface area contributed by atoms with Crippen molar-refractivity contribution >= 4 is 27.5 Å². The van der Waals surface area contributed by atoms with Crippen molar-refractivity contribution in [2.75, 3.05) is 0 Å². The van der Waals surface area contributed by atoms with Gasteiger partial charge in [-0.3, -0.25) is 4.79 Å². The number of aryl methyl sites for hydroxylation is 1. The summed E-state index contributed by atoms with van der Waals surface area (Å²) in [5.41, 5.74) is 0.592. The number of aromatic amines is 1. The number of nitrogens with zero attached hydrogens (tertiary/aromatic N) is 1. The van der Waals surface area contributed by atoms with Crippen LogP contribution in [0.3, 0.4) is 0 Å². The first kappa shape index (κ1) is 12.1. The first-order valence-corrected chi connectivity index (χ1v) is 5.92. The predicted octanol–water partition coefficient (Wildman–Crippen LogP) is 3.29. The molecule has 2 aromatic rings. The van der Waals surface area contributed by atoms with Crippen molar-refractivity contribution in [3.05, 3.63) is 49.9 Å². The lowest BCUT2D eigenvalue weighted by Crippen LogP contribution is -2.07. The van der Waals surface area contributed by atoms with E-state index in [2.05, 4.69) is 25.9 Å². The van der Waals surface area contributed by atoms with Crippen molar-refractivity contribution in [2.45, 2.75) is 6.92 Å². The summed E-state index contributed by atoms with van der Waals surface area (Å²) in [7, 11) is 0. The molecule has 0 radical (unpaired) electrons. The van der Waals surface area contributed by atoms with Gasteiger partial charge < -0.3 is 9.72 Å². The second kappa shape index (κ2) is 4.89. The number of aromatic nitrogens is 2. The summed E-state index contributed by atoms with van der Waals surface area (Å²) >= 11 is 9.16. The van der Waals surface area contributed by atoms with Gasteiger partial charge in [-0.15, -0.1) is 0 Å². The van der Waals surface area contributed by atoms with Gasteiger partial charge in [-0.05, 0) is 30.7 Å². The number of benzene rings is 1. The van der Waals surface area contributed by atoms with Crippen LogP contribution >= 0.6 is 27.5 Å². The molecule has 4 nitrogen and oxygen atoms in total. The standard InChI is InChI=1S/C11H8BrClN2O2/c1-6-4-7(2-3-8(6)12)17-11-9(13)10(16)14-5-15-11/h2-5H,1H3,(H,14,15,16). The van der Waals surface area contributed by atoms with E-state index in [1.165, 1.54) is 6.33 Å². The van der Waals surface area contributed by atoms with E-state index in [0.29, 0.717) is 5.75 Å². The fraction of sp³-hybridized carbons (Fsp3) is 0.0909. The van der Waals surface area contributed by atoms with Crippen molar-refractivity contribution in [2.24, 2.45) is 0 Å². The number of hydrogen-bond acceptors (Lipinski definition) is 3. The van der Waals surface area contributed by atoms with Gasteiger partial charge in [0.2, 0.25) is 5.88 Å². The van der Waals surface area contributed by atoms with Crippen LogP contribution < -0.4 is 10.3 Å². The van der Waals surface area contributed by atoms with Crippen molar-refractivity contribution in [3.63, 3.8) is 0 Å². The molecule has 0 spiro atoms. The third-order valence-electron chi connectivity index (χ3n) is 2.11. The van der Waals surface area contributed by atoms with Gasteiger partial charge in [-0.1, -0.05) is 27.5 Å². The maximum Gasteiger partial charge on any atom is 0.273 e. The van der Waals surface area contributed by atoms with E-state index in [0.717, 1.165) is 10.0 Å². The molecular formula is C11H8BrClN2O2. The molecule has 0 saturated heterocycles. The molecule has 0 fully saturated rings. The molecule has 0 bridgehead atoms. The third-order valence-corrected chi connectivity index (χ3v) is 3.33. The summed E-state index contributed by atoms with van der Waals surface area (Å²) in [5, 5.41) is -0.0620. The molecule has 0 aliphatic carbocycles. The Kier molecular flexibility index (Phi) is 3.49. The number of ether oxygens (including phenoxy) is 1. The minimum atomic E-state index is -0.425. The lowest BCUT2D eigenvalue weighted by Gasteiger charge is -2.06. The van der Waals surface area contributed by atoms with Gasteiger partial charge in [0.05, 0.1) is 6.33 Å². The monoisotopic (exact) mass is 314 g/mol. The fourth-order valence-corrected chi connectivity index (χ4v) is 1.62. The molecule has 1 aromatic carbocycles. The molecule has 0 saturated carbocycles. The zero-order valence-corrected chi connectivity index (χ0v) is 11.2. The Morgan fingerprint density at radius 1 is 1.47 bits per heavy atom. The van der Waals surface area contributed by atoms with Crippen LogP contribution in [0.25, 0.3) is 0 Å². The van der Waals surface area contributed by atoms with E-state index in [1.807, 2.05) is 19.1 Å². The lowest BCUT2D eigenvalue weighted by atomic mass is 10.2. The van der Waals surface area contributed by atoms with Crippen LogP contribution in [0.1, 0.15) is 5.56 Å². The Morgan fingerprint density at radius 3 is 2.94 bits per heavy atom. The molecule has 0 amide bonds. The lowest BCUT2D eigenvalue weighted by molar-refractivity contribution is 0.460. The second-order valence-electron chi connectivity index (χ2n) is 3.36. The normalized spacial score (nSPS) is 10.3.